The number of nitrogens with zero attached hydrogens (tertiary/aromatic N) is 4. The van der Waals surface area contributed by atoms with Crippen LogP contribution in [0.1, 0.15) is 12.6 Å². The summed E-state index contributed by atoms with van der Waals surface area (Å²) in [7, 11) is 0. The van der Waals surface area contributed by atoms with E-state index in [1.165, 1.54) is 0 Å². The number of anilines is 1. The van der Waals surface area contributed by atoms with Gasteiger partial charge in [0.15, 0.2) is 0 Å². The van der Waals surface area contributed by atoms with E-state index >= 15 is 0 Å². The number of nitrogens with one attached hydrogen (secondary N) is 1. The smallest absolute Gasteiger partial charge is 0.144 e. The lowest BCUT2D eigenvalue weighted by atomic mass is 10.2. The molecule has 0 amide bonds. The predicted molar refractivity (Wildman–Crippen MR) is 83.0 cm³/mol. The van der Waals surface area contributed by atoms with E-state index < -0.39 is 0 Å². The molecule has 0 radical (unpaired) electrons. The third-order valence-electron chi connectivity index (χ3n) is 3.14. The van der Waals surface area contributed by atoms with Gasteiger partial charge in [0.05, 0.1) is 24.6 Å². The highest BCUT2D eigenvalue weighted by molar-refractivity contribution is 5.55. The van der Waals surface area contributed by atoms with Crippen LogP contribution >= 0.6 is 0 Å². The topological polar surface area (TPSA) is 55.6 Å². The molecule has 0 aliphatic heterocycles. The van der Waals surface area contributed by atoms with E-state index in [2.05, 4.69) is 37.0 Å². The Hall–Kier alpha value is -2.69. The Labute approximate surface area is 123 Å². The Morgan fingerprint density at radius 1 is 1.05 bits per heavy atom. The van der Waals surface area contributed by atoms with Gasteiger partial charge in [-0.3, -0.25) is 4.98 Å². The summed E-state index contributed by atoms with van der Waals surface area (Å²) in [5, 5.41) is 3.14. The van der Waals surface area contributed by atoms with Crippen molar-refractivity contribution in [3.8, 4) is 11.4 Å². The largest absolute Gasteiger partial charge is 0.369 e. The van der Waals surface area contributed by atoms with Crippen LogP contribution in [-0.4, -0.2) is 26.1 Å². The van der Waals surface area contributed by atoms with Gasteiger partial charge in [-0.2, -0.15) is 0 Å². The van der Waals surface area contributed by atoms with Gasteiger partial charge in [-0.05, 0) is 6.92 Å². The normalized spacial score (nSPS) is 10.5. The van der Waals surface area contributed by atoms with Crippen molar-refractivity contribution in [3.63, 3.8) is 0 Å². The Kier molecular flexibility index (Phi) is 3.91. The first kappa shape index (κ1) is 13.3. The maximum absolute atomic E-state index is 4.43. The van der Waals surface area contributed by atoms with Crippen LogP contribution in [0.3, 0.4) is 0 Å². The molecule has 21 heavy (non-hydrogen) atoms. The molecule has 0 aliphatic carbocycles. The van der Waals surface area contributed by atoms with Gasteiger partial charge in [0.2, 0.25) is 0 Å². The van der Waals surface area contributed by atoms with Gasteiger partial charge < -0.3 is 9.88 Å². The molecular formula is C16H17N5. The maximum Gasteiger partial charge on any atom is 0.144 e. The first-order valence-corrected chi connectivity index (χ1v) is 6.98. The highest BCUT2D eigenvalue weighted by Crippen LogP contribution is 2.17. The van der Waals surface area contributed by atoms with Gasteiger partial charge in [-0.25, -0.2) is 9.97 Å². The molecule has 0 saturated heterocycles. The molecule has 0 atom stereocenters. The first-order valence-electron chi connectivity index (χ1n) is 6.98. The minimum atomic E-state index is 0.656. The molecule has 0 unspecified atom stereocenters. The molecular weight excluding hydrogens is 262 g/mol. The quantitative estimate of drug-likeness (QED) is 0.780. The van der Waals surface area contributed by atoms with E-state index in [9.17, 15) is 0 Å². The van der Waals surface area contributed by atoms with Crippen LogP contribution in [0, 0.1) is 0 Å². The van der Waals surface area contributed by atoms with Crippen LogP contribution in [-0.2, 0) is 6.54 Å². The SMILES string of the molecule is CCNc1cnc(Cn2ccnc2-c2ccccc2)cn1. The lowest BCUT2D eigenvalue weighted by Gasteiger charge is -2.08. The summed E-state index contributed by atoms with van der Waals surface area (Å²) >= 11 is 0. The highest BCUT2D eigenvalue weighted by atomic mass is 15.1. The Morgan fingerprint density at radius 3 is 2.62 bits per heavy atom. The van der Waals surface area contributed by atoms with Crippen LogP contribution in [0.2, 0.25) is 0 Å². The average molecular weight is 279 g/mol. The van der Waals surface area contributed by atoms with Crippen LogP contribution in [0.5, 0.6) is 0 Å². The monoisotopic (exact) mass is 279 g/mol. The molecule has 2 aromatic heterocycles. The molecule has 106 valence electrons. The molecule has 3 rings (SSSR count). The third kappa shape index (κ3) is 3.08. The second-order valence-corrected chi connectivity index (χ2v) is 4.67. The molecule has 0 fully saturated rings. The van der Waals surface area contributed by atoms with E-state index in [0.29, 0.717) is 6.54 Å². The number of benzene rings is 1. The fourth-order valence-electron chi connectivity index (χ4n) is 2.17. The molecule has 2 heterocycles. The van der Waals surface area contributed by atoms with E-state index in [1.54, 1.807) is 12.4 Å². The molecule has 0 spiro atoms. The van der Waals surface area contributed by atoms with Crippen molar-refractivity contribution in [2.75, 3.05) is 11.9 Å². The Bertz CT molecular complexity index is 688. The summed E-state index contributed by atoms with van der Waals surface area (Å²) in [6.45, 7) is 3.53. The first-order chi connectivity index (χ1) is 10.4. The number of hydrogen-bond donors (Lipinski definition) is 1. The Balaban J connectivity index is 1.81. The molecule has 0 bridgehead atoms. The maximum atomic E-state index is 4.43. The molecule has 0 aliphatic rings. The van der Waals surface area contributed by atoms with Gasteiger partial charge in [0.1, 0.15) is 11.6 Å². The predicted octanol–water partition coefficient (Wildman–Crippen LogP) is 2.82. The van der Waals surface area contributed by atoms with Gasteiger partial charge in [0.25, 0.3) is 0 Å². The summed E-state index contributed by atoms with van der Waals surface area (Å²) in [4.78, 5) is 13.2. The minimum Gasteiger partial charge on any atom is -0.369 e. The Morgan fingerprint density at radius 2 is 1.90 bits per heavy atom. The van der Waals surface area contributed by atoms with E-state index in [-0.39, 0.29) is 0 Å². The fraction of sp³-hybridized carbons (Fsp3) is 0.188. The van der Waals surface area contributed by atoms with Crippen molar-refractivity contribution in [1.82, 2.24) is 19.5 Å². The van der Waals surface area contributed by atoms with E-state index in [0.717, 1.165) is 29.4 Å². The minimum absolute atomic E-state index is 0.656. The van der Waals surface area contributed by atoms with Crippen molar-refractivity contribution >= 4 is 5.82 Å². The van der Waals surface area contributed by atoms with Crippen LogP contribution in [0.4, 0.5) is 5.82 Å². The molecule has 0 saturated carbocycles. The molecule has 3 aromatic rings. The summed E-state index contributed by atoms with van der Waals surface area (Å²) in [5.74, 6) is 1.74. The highest BCUT2D eigenvalue weighted by Gasteiger charge is 2.06. The van der Waals surface area contributed by atoms with Crippen molar-refractivity contribution in [3.05, 3.63) is 60.8 Å². The van der Waals surface area contributed by atoms with Crippen molar-refractivity contribution in [2.45, 2.75) is 13.5 Å². The zero-order chi connectivity index (χ0) is 14.5. The summed E-state index contributed by atoms with van der Waals surface area (Å²) < 4.78 is 2.08. The van der Waals surface area contributed by atoms with Gasteiger partial charge in [0, 0.05) is 24.5 Å². The van der Waals surface area contributed by atoms with E-state index in [1.807, 2.05) is 37.5 Å². The average Bonchev–Trinajstić information content (AvgIpc) is 2.98. The van der Waals surface area contributed by atoms with E-state index in [4.69, 9.17) is 0 Å². The third-order valence-corrected chi connectivity index (χ3v) is 3.14. The van der Waals surface area contributed by atoms with Crippen molar-refractivity contribution in [2.24, 2.45) is 0 Å². The van der Waals surface area contributed by atoms with Gasteiger partial charge >= 0.3 is 0 Å². The van der Waals surface area contributed by atoms with Crippen LogP contribution < -0.4 is 5.32 Å². The number of hydrogen-bond acceptors (Lipinski definition) is 4. The van der Waals surface area contributed by atoms with Gasteiger partial charge in [-0.15, -0.1) is 0 Å². The molecule has 1 N–H and O–H groups in total. The molecule has 5 heteroatoms. The zero-order valence-corrected chi connectivity index (χ0v) is 11.9. The summed E-state index contributed by atoms with van der Waals surface area (Å²) in [6, 6.07) is 10.1. The number of imidazole rings is 1. The number of aromatic nitrogens is 4. The molecule has 1 aromatic carbocycles. The van der Waals surface area contributed by atoms with Crippen molar-refractivity contribution < 1.29 is 0 Å². The van der Waals surface area contributed by atoms with Crippen molar-refractivity contribution in [1.29, 1.82) is 0 Å². The number of rotatable bonds is 5. The second-order valence-electron chi connectivity index (χ2n) is 4.67. The lowest BCUT2D eigenvalue weighted by molar-refractivity contribution is 0.776. The summed E-state index contributed by atoms with van der Waals surface area (Å²) in [5.41, 5.74) is 2.01. The van der Waals surface area contributed by atoms with Gasteiger partial charge in [-0.1, -0.05) is 30.3 Å². The lowest BCUT2D eigenvalue weighted by Crippen LogP contribution is -2.05. The van der Waals surface area contributed by atoms with Crippen LogP contribution in [0.15, 0.2) is 55.1 Å². The van der Waals surface area contributed by atoms with Crippen LogP contribution in [0.25, 0.3) is 11.4 Å². The fourth-order valence-corrected chi connectivity index (χ4v) is 2.17. The molecule has 5 nitrogen and oxygen atoms in total. The summed E-state index contributed by atoms with van der Waals surface area (Å²) in [6.07, 6.45) is 7.33. The second kappa shape index (κ2) is 6.17. The zero-order valence-electron chi connectivity index (χ0n) is 11.9. The standard InChI is InChI=1S/C16H17N5/c1-2-17-15-11-19-14(10-20-15)12-21-9-8-18-16(21)13-6-4-3-5-7-13/h3-11H,2,12H2,1H3,(H,17,20).